The molecule has 1 aromatic heterocycles. The number of para-hydroxylation sites is 1. The molecule has 1 aliphatic rings. The first-order valence-electron chi connectivity index (χ1n) is 12.4. The number of hydrogen-bond acceptors (Lipinski definition) is 3. The molecule has 3 aromatic carbocycles. The number of nitrogens with zero attached hydrogens (tertiary/aromatic N) is 3. The van der Waals surface area contributed by atoms with Gasteiger partial charge in [0.1, 0.15) is 0 Å². The fourth-order valence-electron chi connectivity index (χ4n) is 5.04. The van der Waals surface area contributed by atoms with E-state index in [1.54, 1.807) is 6.92 Å². The van der Waals surface area contributed by atoms with Crippen LogP contribution in [0.15, 0.2) is 97.2 Å². The van der Waals surface area contributed by atoms with Crippen molar-refractivity contribution >= 4 is 11.8 Å². The van der Waals surface area contributed by atoms with Crippen molar-refractivity contribution < 1.29 is 9.59 Å². The first kappa shape index (κ1) is 23.5. The Balaban J connectivity index is 1.43. The number of carbonyl (C=O) groups excluding carboxylic acids is 2. The highest BCUT2D eigenvalue weighted by Crippen LogP contribution is 2.36. The van der Waals surface area contributed by atoms with Gasteiger partial charge in [-0.15, -0.1) is 0 Å². The largest absolute Gasteiger partial charge is 0.351 e. The molecular formula is C30H30N4O2. The predicted octanol–water partition coefficient (Wildman–Crippen LogP) is 4.74. The Morgan fingerprint density at radius 2 is 1.44 bits per heavy atom. The average molecular weight is 479 g/mol. The number of nitrogens with one attached hydrogen (secondary N) is 1. The van der Waals surface area contributed by atoms with Gasteiger partial charge in [0.15, 0.2) is 0 Å². The zero-order chi connectivity index (χ0) is 25.0. The van der Waals surface area contributed by atoms with Gasteiger partial charge in [-0.1, -0.05) is 78.9 Å². The highest BCUT2D eigenvalue weighted by Gasteiger charge is 2.43. The van der Waals surface area contributed by atoms with Crippen LogP contribution in [0.25, 0.3) is 16.9 Å². The van der Waals surface area contributed by atoms with E-state index in [1.165, 1.54) is 0 Å². The standard InChI is InChI=1S/C30H30N4O2/c1-23(35)33-19-17-30(18-20-33,26-13-7-3-8-14-26)29(36)31-21-25-22-34(27-15-9-4-10-16-27)32-28(25)24-11-5-2-6-12-24/h2-16,22H,17-21H2,1H3,(H,31,36). The summed E-state index contributed by atoms with van der Waals surface area (Å²) in [4.78, 5) is 27.6. The smallest absolute Gasteiger partial charge is 0.231 e. The summed E-state index contributed by atoms with van der Waals surface area (Å²) in [7, 11) is 0. The zero-order valence-corrected chi connectivity index (χ0v) is 20.4. The van der Waals surface area contributed by atoms with Gasteiger partial charge < -0.3 is 10.2 Å². The second kappa shape index (κ2) is 10.2. The van der Waals surface area contributed by atoms with Crippen LogP contribution in [-0.2, 0) is 21.5 Å². The number of likely N-dealkylation sites (tertiary alicyclic amines) is 1. The number of hydrogen-bond donors (Lipinski definition) is 1. The maximum Gasteiger partial charge on any atom is 0.231 e. The van der Waals surface area contributed by atoms with Crippen molar-refractivity contribution in [1.82, 2.24) is 20.0 Å². The monoisotopic (exact) mass is 478 g/mol. The van der Waals surface area contributed by atoms with E-state index in [9.17, 15) is 9.59 Å². The maximum absolute atomic E-state index is 13.9. The van der Waals surface area contributed by atoms with Crippen LogP contribution < -0.4 is 5.32 Å². The summed E-state index contributed by atoms with van der Waals surface area (Å²) in [6, 6.07) is 29.9. The molecule has 1 aliphatic heterocycles. The molecule has 6 heteroatoms. The molecular weight excluding hydrogens is 448 g/mol. The second-order valence-corrected chi connectivity index (χ2v) is 9.29. The van der Waals surface area contributed by atoms with Gasteiger partial charge in [-0.2, -0.15) is 5.10 Å². The fourth-order valence-corrected chi connectivity index (χ4v) is 5.04. The maximum atomic E-state index is 13.9. The van der Waals surface area contributed by atoms with Crippen LogP contribution in [0.1, 0.15) is 30.9 Å². The molecule has 0 unspecified atom stereocenters. The van der Waals surface area contributed by atoms with Crippen molar-refractivity contribution in [3.8, 4) is 16.9 Å². The van der Waals surface area contributed by atoms with E-state index in [1.807, 2.05) is 107 Å². The van der Waals surface area contributed by atoms with Crippen molar-refractivity contribution in [2.24, 2.45) is 0 Å². The van der Waals surface area contributed by atoms with Gasteiger partial charge in [0.25, 0.3) is 0 Å². The number of amides is 2. The van der Waals surface area contributed by atoms with E-state index in [-0.39, 0.29) is 11.8 Å². The number of piperidine rings is 1. The molecule has 0 atom stereocenters. The molecule has 5 rings (SSSR count). The van der Waals surface area contributed by atoms with Gasteiger partial charge in [0.2, 0.25) is 11.8 Å². The third-order valence-corrected chi connectivity index (χ3v) is 7.12. The second-order valence-electron chi connectivity index (χ2n) is 9.29. The molecule has 1 fully saturated rings. The van der Waals surface area contributed by atoms with E-state index in [2.05, 4.69) is 5.32 Å². The molecule has 0 bridgehead atoms. The average Bonchev–Trinajstić information content (AvgIpc) is 3.37. The number of carbonyl (C=O) groups is 2. The number of rotatable bonds is 6. The Morgan fingerprint density at radius 3 is 2.06 bits per heavy atom. The highest BCUT2D eigenvalue weighted by atomic mass is 16.2. The van der Waals surface area contributed by atoms with Crippen molar-refractivity contribution in [3.63, 3.8) is 0 Å². The van der Waals surface area contributed by atoms with E-state index < -0.39 is 5.41 Å². The SMILES string of the molecule is CC(=O)N1CCC(C(=O)NCc2cn(-c3ccccc3)nc2-c2ccccc2)(c2ccccc2)CC1. The lowest BCUT2D eigenvalue weighted by Crippen LogP contribution is -2.52. The van der Waals surface area contributed by atoms with Crippen LogP contribution in [-0.4, -0.2) is 39.6 Å². The summed E-state index contributed by atoms with van der Waals surface area (Å²) in [5, 5.41) is 8.10. The molecule has 4 aromatic rings. The Morgan fingerprint density at radius 1 is 0.861 bits per heavy atom. The normalized spacial score (nSPS) is 14.9. The van der Waals surface area contributed by atoms with Gasteiger partial charge in [-0.25, -0.2) is 4.68 Å². The molecule has 6 nitrogen and oxygen atoms in total. The topological polar surface area (TPSA) is 67.2 Å². The lowest BCUT2D eigenvalue weighted by atomic mass is 9.72. The molecule has 0 radical (unpaired) electrons. The van der Waals surface area contributed by atoms with E-state index >= 15 is 0 Å². The van der Waals surface area contributed by atoms with E-state index in [0.717, 1.165) is 28.1 Å². The van der Waals surface area contributed by atoms with Gasteiger partial charge in [-0.05, 0) is 30.5 Å². The van der Waals surface area contributed by atoms with Crippen LogP contribution in [0.2, 0.25) is 0 Å². The molecule has 0 aliphatic carbocycles. The van der Waals surface area contributed by atoms with Crippen LogP contribution in [0, 0.1) is 0 Å². The molecule has 0 saturated carbocycles. The quantitative estimate of drug-likeness (QED) is 0.435. The summed E-state index contributed by atoms with van der Waals surface area (Å²) in [5.41, 5.74) is 4.08. The highest BCUT2D eigenvalue weighted by molar-refractivity contribution is 5.89. The minimum Gasteiger partial charge on any atom is -0.351 e. The first-order chi connectivity index (χ1) is 17.6. The van der Waals surface area contributed by atoms with Gasteiger partial charge >= 0.3 is 0 Å². The number of aromatic nitrogens is 2. The molecule has 1 N–H and O–H groups in total. The molecule has 0 spiro atoms. The van der Waals surface area contributed by atoms with Crippen LogP contribution >= 0.6 is 0 Å². The minimum absolute atomic E-state index is 0.0108. The van der Waals surface area contributed by atoms with Crippen molar-refractivity contribution in [2.75, 3.05) is 13.1 Å². The molecule has 2 amide bonds. The lowest BCUT2D eigenvalue weighted by Gasteiger charge is -2.40. The van der Waals surface area contributed by atoms with Crippen molar-refractivity contribution in [1.29, 1.82) is 0 Å². The fraction of sp³-hybridized carbons (Fsp3) is 0.233. The lowest BCUT2D eigenvalue weighted by molar-refractivity contribution is -0.135. The molecule has 36 heavy (non-hydrogen) atoms. The third kappa shape index (κ3) is 4.67. The molecule has 2 heterocycles. The van der Waals surface area contributed by atoms with Gasteiger partial charge in [0, 0.05) is 43.9 Å². The van der Waals surface area contributed by atoms with Gasteiger partial charge in [0.05, 0.1) is 16.8 Å². The van der Waals surface area contributed by atoms with Crippen LogP contribution in [0.3, 0.4) is 0 Å². The van der Waals surface area contributed by atoms with E-state index in [0.29, 0.717) is 32.5 Å². The first-order valence-corrected chi connectivity index (χ1v) is 12.4. The summed E-state index contributed by atoms with van der Waals surface area (Å²) in [6.45, 7) is 3.09. The molecule has 182 valence electrons. The summed E-state index contributed by atoms with van der Waals surface area (Å²) in [6.07, 6.45) is 3.18. The van der Waals surface area contributed by atoms with Crippen molar-refractivity contribution in [2.45, 2.75) is 31.7 Å². The van der Waals surface area contributed by atoms with Gasteiger partial charge in [-0.3, -0.25) is 9.59 Å². The Hall–Kier alpha value is -4.19. The Kier molecular flexibility index (Phi) is 6.67. The summed E-state index contributed by atoms with van der Waals surface area (Å²) in [5.74, 6) is 0.0428. The van der Waals surface area contributed by atoms with Crippen molar-refractivity contribution in [3.05, 3.63) is 108 Å². The summed E-state index contributed by atoms with van der Waals surface area (Å²) >= 11 is 0. The zero-order valence-electron chi connectivity index (χ0n) is 20.4. The predicted molar refractivity (Wildman–Crippen MR) is 140 cm³/mol. The summed E-state index contributed by atoms with van der Waals surface area (Å²) < 4.78 is 1.86. The minimum atomic E-state index is -0.671. The molecule has 1 saturated heterocycles. The Labute approximate surface area is 211 Å². The number of benzene rings is 3. The third-order valence-electron chi connectivity index (χ3n) is 7.12. The Bertz CT molecular complexity index is 1330. The van der Waals surface area contributed by atoms with Crippen LogP contribution in [0.4, 0.5) is 0 Å². The van der Waals surface area contributed by atoms with Crippen LogP contribution in [0.5, 0.6) is 0 Å². The van der Waals surface area contributed by atoms with E-state index in [4.69, 9.17) is 5.10 Å².